The molecule has 0 aliphatic heterocycles. The highest BCUT2D eigenvalue weighted by atomic mass is 35.5. The third-order valence-electron chi connectivity index (χ3n) is 4.43. The first-order valence-corrected chi connectivity index (χ1v) is 9.57. The van der Waals surface area contributed by atoms with Gasteiger partial charge in [0, 0.05) is 6.07 Å². The Kier molecular flexibility index (Phi) is 5.15. The van der Waals surface area contributed by atoms with Crippen molar-refractivity contribution in [1.82, 2.24) is 0 Å². The molecule has 0 atom stereocenters. The van der Waals surface area contributed by atoms with Gasteiger partial charge >= 0.3 is 6.16 Å². The molecule has 6 nitrogen and oxygen atoms in total. The fraction of sp³-hybridized carbons (Fsp3) is 0. The van der Waals surface area contributed by atoms with Crippen molar-refractivity contribution in [3.63, 3.8) is 0 Å². The number of ketones is 2. The van der Waals surface area contributed by atoms with Gasteiger partial charge in [0.1, 0.15) is 5.75 Å². The first-order chi connectivity index (χ1) is 14.3. The Morgan fingerprint density at radius 2 is 1.27 bits per heavy atom. The van der Waals surface area contributed by atoms with Gasteiger partial charge in [0.25, 0.3) is 0 Å². The monoisotopic (exact) mass is 461 g/mol. The molecule has 0 spiro atoms. The van der Waals surface area contributed by atoms with E-state index in [1.807, 2.05) is 0 Å². The molecule has 0 saturated carbocycles. The lowest BCUT2D eigenvalue weighted by atomic mass is 9.83. The van der Waals surface area contributed by atoms with E-state index in [0.29, 0.717) is 0 Å². The van der Waals surface area contributed by atoms with Gasteiger partial charge in [0.2, 0.25) is 0 Å². The smallest absolute Gasteiger partial charge is 0.395 e. The van der Waals surface area contributed by atoms with E-state index >= 15 is 0 Å². The average molecular weight is 463 g/mol. The highest BCUT2D eigenvalue weighted by Gasteiger charge is 2.38. The quantitative estimate of drug-likeness (QED) is 0.237. The molecule has 1 aliphatic carbocycles. The Labute approximate surface area is 185 Å². The Morgan fingerprint density at radius 3 is 1.87 bits per heavy atom. The lowest BCUT2D eigenvalue weighted by Gasteiger charge is -2.23. The SMILES string of the molecule is Nc1c(OC(=O)Oc2ccccc2)cc(Cl)c2c1C(=O)c1c(Cl)ccc(Cl)c1C2=O. The van der Waals surface area contributed by atoms with Crippen molar-refractivity contribution in [3.8, 4) is 11.5 Å². The third kappa shape index (κ3) is 3.29. The molecule has 0 heterocycles. The van der Waals surface area contributed by atoms with E-state index in [1.165, 1.54) is 12.1 Å². The van der Waals surface area contributed by atoms with Gasteiger partial charge < -0.3 is 15.2 Å². The summed E-state index contributed by atoms with van der Waals surface area (Å²) in [4.78, 5) is 38.3. The summed E-state index contributed by atoms with van der Waals surface area (Å²) in [6.07, 6.45) is -1.10. The van der Waals surface area contributed by atoms with Crippen molar-refractivity contribution in [3.05, 3.63) is 85.9 Å². The molecule has 0 aromatic heterocycles. The maximum Gasteiger partial charge on any atom is 0.519 e. The second kappa shape index (κ2) is 7.65. The number of nitrogens with two attached hydrogens (primary N) is 1. The summed E-state index contributed by atoms with van der Waals surface area (Å²) >= 11 is 18.5. The van der Waals surface area contributed by atoms with Gasteiger partial charge in [0.15, 0.2) is 17.3 Å². The number of halogens is 3. The molecule has 0 saturated heterocycles. The van der Waals surface area contributed by atoms with Crippen LogP contribution in [0.2, 0.25) is 15.1 Å². The van der Waals surface area contributed by atoms with Crippen LogP contribution in [0.5, 0.6) is 11.5 Å². The van der Waals surface area contributed by atoms with Crippen LogP contribution >= 0.6 is 34.8 Å². The van der Waals surface area contributed by atoms with Crippen LogP contribution in [-0.2, 0) is 0 Å². The van der Waals surface area contributed by atoms with Gasteiger partial charge in [0.05, 0.1) is 43.0 Å². The van der Waals surface area contributed by atoms with Crippen molar-refractivity contribution in [2.45, 2.75) is 0 Å². The summed E-state index contributed by atoms with van der Waals surface area (Å²) in [5.74, 6) is -1.26. The molecule has 150 valence electrons. The molecule has 3 aromatic carbocycles. The van der Waals surface area contributed by atoms with Crippen LogP contribution < -0.4 is 15.2 Å². The lowest BCUT2D eigenvalue weighted by Crippen LogP contribution is -2.25. The summed E-state index contributed by atoms with van der Waals surface area (Å²) in [6.45, 7) is 0. The van der Waals surface area contributed by atoms with E-state index in [9.17, 15) is 14.4 Å². The van der Waals surface area contributed by atoms with E-state index in [-0.39, 0.29) is 54.5 Å². The number of carbonyl (C=O) groups is 3. The van der Waals surface area contributed by atoms with Crippen LogP contribution in [0.1, 0.15) is 31.8 Å². The maximum absolute atomic E-state index is 13.1. The minimum absolute atomic E-state index is 0.0312. The number of hydrogen-bond donors (Lipinski definition) is 1. The molecule has 4 rings (SSSR count). The van der Waals surface area contributed by atoms with Crippen molar-refractivity contribution >= 4 is 58.2 Å². The van der Waals surface area contributed by atoms with Gasteiger partial charge in [-0.05, 0) is 24.3 Å². The lowest BCUT2D eigenvalue weighted by molar-refractivity contribution is 0.0979. The first-order valence-electron chi connectivity index (χ1n) is 8.43. The molecule has 3 aromatic rings. The van der Waals surface area contributed by atoms with Crippen molar-refractivity contribution in [2.24, 2.45) is 0 Å². The van der Waals surface area contributed by atoms with Crippen molar-refractivity contribution < 1.29 is 23.9 Å². The predicted octanol–water partition coefficient (Wildman–Crippen LogP) is 5.58. The molecule has 0 unspecified atom stereocenters. The Hall–Kier alpha value is -3.06. The summed E-state index contributed by atoms with van der Waals surface area (Å²) < 4.78 is 10.2. The fourth-order valence-corrected chi connectivity index (χ4v) is 3.89. The fourth-order valence-electron chi connectivity index (χ4n) is 3.13. The van der Waals surface area contributed by atoms with Gasteiger partial charge in [-0.1, -0.05) is 53.0 Å². The Balaban J connectivity index is 1.77. The zero-order chi connectivity index (χ0) is 21.6. The number of hydrogen-bond acceptors (Lipinski definition) is 6. The average Bonchev–Trinajstić information content (AvgIpc) is 2.71. The summed E-state index contributed by atoms with van der Waals surface area (Å²) in [6, 6.07) is 12.2. The number of benzene rings is 3. The second-order valence-corrected chi connectivity index (χ2v) is 7.45. The van der Waals surface area contributed by atoms with Gasteiger partial charge in [-0.3, -0.25) is 9.59 Å². The maximum atomic E-state index is 13.1. The largest absolute Gasteiger partial charge is 0.519 e. The first kappa shape index (κ1) is 20.2. The minimum atomic E-state index is -1.10. The van der Waals surface area contributed by atoms with Crippen LogP contribution in [0.15, 0.2) is 48.5 Å². The normalized spacial score (nSPS) is 12.2. The zero-order valence-electron chi connectivity index (χ0n) is 14.9. The van der Waals surface area contributed by atoms with Gasteiger partial charge in [-0.25, -0.2) is 4.79 Å². The number of ether oxygens (including phenoxy) is 2. The van der Waals surface area contributed by atoms with Crippen LogP contribution in [0, 0.1) is 0 Å². The number of nitrogen functional groups attached to an aromatic ring is 1. The standard InChI is InChI=1S/C21H10Cl3NO5/c22-10-6-7-11(23)15-14(10)19(26)16-12(24)8-13(18(25)17(16)20(15)27)30-21(28)29-9-4-2-1-3-5-9/h1-8H,25H2. The Bertz CT molecular complexity index is 1240. The third-order valence-corrected chi connectivity index (χ3v) is 5.36. The van der Waals surface area contributed by atoms with Crippen molar-refractivity contribution in [1.29, 1.82) is 0 Å². The van der Waals surface area contributed by atoms with Gasteiger partial charge in [-0.2, -0.15) is 0 Å². The number of anilines is 1. The molecule has 0 radical (unpaired) electrons. The predicted molar refractivity (Wildman–Crippen MR) is 112 cm³/mol. The number of fused-ring (bicyclic) bond motifs is 2. The van der Waals surface area contributed by atoms with Crippen molar-refractivity contribution in [2.75, 3.05) is 5.73 Å². The van der Waals surface area contributed by atoms with Crippen LogP contribution in [0.4, 0.5) is 10.5 Å². The number of para-hydroxylation sites is 1. The van der Waals surface area contributed by atoms with Gasteiger partial charge in [-0.15, -0.1) is 0 Å². The molecule has 9 heteroatoms. The topological polar surface area (TPSA) is 95.7 Å². The summed E-state index contributed by atoms with van der Waals surface area (Å²) in [5.41, 5.74) is 5.32. The van der Waals surface area contributed by atoms with E-state index in [2.05, 4.69) is 0 Å². The van der Waals surface area contributed by atoms with Crippen LogP contribution in [0.3, 0.4) is 0 Å². The molecule has 2 N–H and O–H groups in total. The molecular weight excluding hydrogens is 453 g/mol. The molecular formula is C21H10Cl3NO5. The molecule has 1 aliphatic rings. The highest BCUT2D eigenvalue weighted by Crippen LogP contribution is 2.43. The van der Waals surface area contributed by atoms with E-state index in [4.69, 9.17) is 50.0 Å². The molecule has 0 amide bonds. The molecule has 0 fully saturated rings. The summed E-state index contributed by atoms with van der Waals surface area (Å²) in [7, 11) is 0. The van der Waals surface area contributed by atoms with Crippen LogP contribution in [0.25, 0.3) is 0 Å². The molecule has 0 bridgehead atoms. The number of rotatable bonds is 2. The van der Waals surface area contributed by atoms with Crippen LogP contribution in [-0.4, -0.2) is 17.7 Å². The zero-order valence-corrected chi connectivity index (χ0v) is 17.1. The highest BCUT2D eigenvalue weighted by molar-refractivity contribution is 6.46. The Morgan fingerprint density at radius 1 is 0.733 bits per heavy atom. The minimum Gasteiger partial charge on any atom is -0.395 e. The number of carbonyl (C=O) groups excluding carboxylic acids is 3. The van der Waals surface area contributed by atoms with E-state index < -0.39 is 17.7 Å². The summed E-state index contributed by atoms with van der Waals surface area (Å²) in [5, 5.41) is -0.0507. The second-order valence-electron chi connectivity index (χ2n) is 6.22. The molecule has 30 heavy (non-hydrogen) atoms. The van der Waals surface area contributed by atoms with E-state index in [0.717, 1.165) is 6.07 Å². The van der Waals surface area contributed by atoms with E-state index in [1.54, 1.807) is 30.3 Å².